The van der Waals surface area contributed by atoms with Crippen molar-refractivity contribution in [2.45, 2.75) is 0 Å². The van der Waals surface area contributed by atoms with Crippen molar-refractivity contribution in [2.75, 3.05) is 48.0 Å². The lowest BCUT2D eigenvalue weighted by molar-refractivity contribution is 0.104. The fourth-order valence-electron chi connectivity index (χ4n) is 3.72. The van der Waals surface area contributed by atoms with E-state index in [1.54, 1.807) is 59.9 Å². The molecule has 8 heteroatoms. The van der Waals surface area contributed by atoms with Crippen LogP contribution in [-0.4, -0.2) is 48.4 Å². The van der Waals surface area contributed by atoms with Crippen LogP contribution in [0.3, 0.4) is 0 Å². The van der Waals surface area contributed by atoms with Crippen molar-refractivity contribution in [1.82, 2.24) is 0 Å². The molecule has 0 radical (unpaired) electrons. The third kappa shape index (κ3) is 6.35. The molecule has 0 bridgehead atoms. The summed E-state index contributed by atoms with van der Waals surface area (Å²) in [5, 5.41) is 3.13. The van der Waals surface area contributed by atoms with Crippen molar-refractivity contribution in [3.05, 3.63) is 77.5 Å². The number of ketones is 1. The number of nitrogens with one attached hydrogen (secondary N) is 1. The molecule has 3 aromatic rings. The fourth-order valence-corrected chi connectivity index (χ4v) is 3.72. The van der Waals surface area contributed by atoms with Crippen LogP contribution in [0.25, 0.3) is 12.2 Å². The van der Waals surface area contributed by atoms with Crippen LogP contribution in [0.4, 0.5) is 5.69 Å². The second-order valence-corrected chi connectivity index (χ2v) is 7.64. The molecule has 0 atom stereocenters. The second kappa shape index (κ2) is 12.9. The Balaban J connectivity index is 1.90. The highest BCUT2D eigenvalue weighted by molar-refractivity contribution is 6.06. The Morgan fingerprint density at radius 2 is 1.16 bits per heavy atom. The number of hydrogen-bond acceptors (Lipinski definition) is 8. The molecule has 0 aliphatic heterocycles. The molecule has 37 heavy (non-hydrogen) atoms. The van der Waals surface area contributed by atoms with Gasteiger partial charge < -0.3 is 33.7 Å². The van der Waals surface area contributed by atoms with Crippen molar-refractivity contribution in [3.8, 4) is 34.5 Å². The number of carbonyl (C=O) groups is 1. The van der Waals surface area contributed by atoms with E-state index in [-0.39, 0.29) is 5.78 Å². The van der Waals surface area contributed by atoms with Gasteiger partial charge in [0.15, 0.2) is 28.8 Å². The van der Waals surface area contributed by atoms with Gasteiger partial charge >= 0.3 is 0 Å². The highest BCUT2D eigenvalue weighted by atomic mass is 16.5. The van der Waals surface area contributed by atoms with Crippen LogP contribution in [0.15, 0.2) is 60.8 Å². The minimum Gasteiger partial charge on any atom is -0.496 e. The number of para-hydroxylation sites is 1. The highest BCUT2D eigenvalue weighted by Gasteiger charge is 2.14. The van der Waals surface area contributed by atoms with Gasteiger partial charge in [0.2, 0.25) is 5.75 Å². The van der Waals surface area contributed by atoms with Crippen LogP contribution in [0, 0.1) is 0 Å². The molecule has 0 saturated carbocycles. The zero-order chi connectivity index (χ0) is 26.8. The minimum atomic E-state index is -0.200. The fraction of sp³-hybridized carbons (Fsp3) is 0.207. The molecule has 0 unspecified atom stereocenters. The molecule has 0 heterocycles. The first-order valence-corrected chi connectivity index (χ1v) is 11.3. The summed E-state index contributed by atoms with van der Waals surface area (Å²) < 4.78 is 32.6. The van der Waals surface area contributed by atoms with Gasteiger partial charge in [-0.25, -0.2) is 0 Å². The van der Waals surface area contributed by atoms with Gasteiger partial charge in [-0.2, -0.15) is 0 Å². The maximum Gasteiger partial charge on any atom is 0.203 e. The molecule has 8 nitrogen and oxygen atoms in total. The molecule has 3 aromatic carbocycles. The number of rotatable bonds is 12. The minimum absolute atomic E-state index is 0.200. The van der Waals surface area contributed by atoms with Gasteiger partial charge in [0.1, 0.15) is 5.75 Å². The second-order valence-electron chi connectivity index (χ2n) is 7.64. The summed E-state index contributed by atoms with van der Waals surface area (Å²) >= 11 is 0. The number of anilines is 1. The van der Waals surface area contributed by atoms with Gasteiger partial charge in [-0.1, -0.05) is 24.3 Å². The zero-order valence-corrected chi connectivity index (χ0v) is 21.8. The van der Waals surface area contributed by atoms with E-state index in [2.05, 4.69) is 5.32 Å². The Labute approximate surface area is 217 Å². The Kier molecular flexibility index (Phi) is 9.43. The topological polar surface area (TPSA) is 84.5 Å². The number of ether oxygens (including phenoxy) is 6. The third-order valence-electron chi connectivity index (χ3n) is 5.50. The molecule has 0 amide bonds. The molecule has 194 valence electrons. The molecular formula is C29H31NO7. The van der Waals surface area contributed by atoms with Gasteiger partial charge in [-0.15, -0.1) is 0 Å². The predicted molar refractivity (Wildman–Crippen MR) is 145 cm³/mol. The normalized spacial score (nSPS) is 10.9. The van der Waals surface area contributed by atoms with E-state index in [1.165, 1.54) is 13.2 Å². The van der Waals surface area contributed by atoms with Crippen LogP contribution in [0.1, 0.15) is 21.5 Å². The lowest BCUT2D eigenvalue weighted by Gasteiger charge is -2.14. The predicted octanol–water partition coefficient (Wildman–Crippen LogP) is 5.72. The van der Waals surface area contributed by atoms with Crippen LogP contribution in [-0.2, 0) is 0 Å². The lowest BCUT2D eigenvalue weighted by Crippen LogP contribution is -2.01. The third-order valence-corrected chi connectivity index (χ3v) is 5.50. The van der Waals surface area contributed by atoms with Crippen LogP contribution in [0.2, 0.25) is 0 Å². The zero-order valence-electron chi connectivity index (χ0n) is 21.8. The first-order valence-electron chi connectivity index (χ1n) is 11.3. The average molecular weight is 506 g/mol. The summed E-state index contributed by atoms with van der Waals surface area (Å²) in [5.74, 6) is 2.98. The van der Waals surface area contributed by atoms with Gasteiger partial charge in [0, 0.05) is 12.3 Å². The van der Waals surface area contributed by atoms with E-state index in [9.17, 15) is 4.79 Å². The smallest absolute Gasteiger partial charge is 0.203 e. The first kappa shape index (κ1) is 27.0. The molecule has 0 aliphatic carbocycles. The number of methoxy groups -OCH3 is 6. The summed E-state index contributed by atoms with van der Waals surface area (Å²) in [7, 11) is 9.36. The van der Waals surface area contributed by atoms with Crippen LogP contribution in [0.5, 0.6) is 34.5 Å². The van der Waals surface area contributed by atoms with Crippen LogP contribution >= 0.6 is 0 Å². The molecule has 0 spiro atoms. The Bertz CT molecular complexity index is 1270. The van der Waals surface area contributed by atoms with Crippen molar-refractivity contribution in [1.29, 1.82) is 0 Å². The van der Waals surface area contributed by atoms with Gasteiger partial charge in [0.05, 0.1) is 53.9 Å². The van der Waals surface area contributed by atoms with E-state index in [4.69, 9.17) is 28.4 Å². The summed E-state index contributed by atoms with van der Waals surface area (Å²) in [5.41, 5.74) is 2.77. The summed E-state index contributed by atoms with van der Waals surface area (Å²) in [6, 6.07) is 14.5. The quantitative estimate of drug-likeness (QED) is 0.190. The van der Waals surface area contributed by atoms with Crippen molar-refractivity contribution >= 4 is 23.6 Å². The van der Waals surface area contributed by atoms with E-state index in [0.29, 0.717) is 45.7 Å². The van der Waals surface area contributed by atoms with Gasteiger partial charge in [0.25, 0.3) is 0 Å². The SMILES string of the molecule is COc1ccccc1C(=O)C=CNc1cc(C=Cc2cc(OC)c(OC)c(OC)c2)cc(OC)c1OC. The van der Waals surface area contributed by atoms with E-state index in [1.807, 2.05) is 42.5 Å². The monoisotopic (exact) mass is 505 g/mol. The molecule has 0 aromatic heterocycles. The summed E-state index contributed by atoms with van der Waals surface area (Å²) in [4.78, 5) is 12.7. The van der Waals surface area contributed by atoms with E-state index in [0.717, 1.165) is 11.1 Å². The molecule has 0 fully saturated rings. The van der Waals surface area contributed by atoms with Gasteiger partial charge in [-0.3, -0.25) is 4.79 Å². The molecular weight excluding hydrogens is 474 g/mol. The average Bonchev–Trinajstić information content (AvgIpc) is 2.94. The molecule has 0 saturated heterocycles. The Morgan fingerprint density at radius 3 is 1.70 bits per heavy atom. The largest absolute Gasteiger partial charge is 0.496 e. The number of allylic oxidation sites excluding steroid dienone is 1. The summed E-state index contributed by atoms with van der Waals surface area (Å²) in [6.45, 7) is 0. The molecule has 0 aliphatic rings. The Hall–Kier alpha value is -4.59. The lowest BCUT2D eigenvalue weighted by atomic mass is 10.1. The number of hydrogen-bond donors (Lipinski definition) is 1. The maximum atomic E-state index is 12.7. The van der Waals surface area contributed by atoms with Crippen molar-refractivity contribution < 1.29 is 33.2 Å². The van der Waals surface area contributed by atoms with Crippen molar-refractivity contribution in [2.24, 2.45) is 0 Å². The van der Waals surface area contributed by atoms with E-state index >= 15 is 0 Å². The van der Waals surface area contributed by atoms with Gasteiger partial charge in [-0.05, 0) is 47.5 Å². The standard InChI is InChI=1S/C29H31NO7/c1-32-24-10-8-7-9-21(24)23(31)13-14-30-22-15-19(16-25(33-2)28(22)36-5)11-12-20-17-26(34-3)29(37-6)27(18-20)35-4/h7-18,30H,1-6H3. The van der Waals surface area contributed by atoms with E-state index < -0.39 is 0 Å². The first-order chi connectivity index (χ1) is 18.0. The van der Waals surface area contributed by atoms with Crippen LogP contribution < -0.4 is 33.7 Å². The highest BCUT2D eigenvalue weighted by Crippen LogP contribution is 2.40. The number of carbonyl (C=O) groups excluding carboxylic acids is 1. The number of benzene rings is 3. The maximum absolute atomic E-state index is 12.7. The summed E-state index contributed by atoms with van der Waals surface area (Å²) in [6.07, 6.45) is 6.81. The Morgan fingerprint density at radius 1 is 0.649 bits per heavy atom. The van der Waals surface area contributed by atoms with Crippen molar-refractivity contribution in [3.63, 3.8) is 0 Å². The molecule has 3 rings (SSSR count). The molecule has 1 N–H and O–H groups in total.